The van der Waals surface area contributed by atoms with E-state index in [1.807, 2.05) is 24.3 Å². The summed E-state index contributed by atoms with van der Waals surface area (Å²) in [5, 5.41) is 28.8. The molecule has 5 aromatic rings. The molecular formula is C25H21Cl2FN6O. The van der Waals surface area contributed by atoms with Crippen molar-refractivity contribution in [2.75, 3.05) is 0 Å². The predicted octanol–water partition coefficient (Wildman–Crippen LogP) is 4.79. The van der Waals surface area contributed by atoms with Gasteiger partial charge in [0.1, 0.15) is 11.5 Å². The van der Waals surface area contributed by atoms with Gasteiger partial charge < -0.3 is 14.2 Å². The van der Waals surface area contributed by atoms with Crippen LogP contribution in [0.5, 0.6) is 0 Å². The van der Waals surface area contributed by atoms with Crippen LogP contribution < -0.4 is 5.62 Å². The van der Waals surface area contributed by atoms with E-state index in [-0.39, 0.29) is 24.5 Å². The minimum absolute atomic E-state index is 0.157. The number of imidazole rings is 1. The molecule has 0 aliphatic carbocycles. The maximum atomic E-state index is 14.0. The summed E-state index contributed by atoms with van der Waals surface area (Å²) in [6.45, 7) is 0.715. The molecule has 2 heterocycles. The van der Waals surface area contributed by atoms with Crippen LogP contribution in [0.4, 0.5) is 4.39 Å². The summed E-state index contributed by atoms with van der Waals surface area (Å²) in [6.07, 6.45) is 0.856. The van der Waals surface area contributed by atoms with Crippen LogP contribution in [0.2, 0.25) is 10.0 Å². The molecule has 0 radical (unpaired) electrons. The lowest BCUT2D eigenvalue weighted by Crippen LogP contribution is -2.27. The Kier molecular flexibility index (Phi) is 6.42. The van der Waals surface area contributed by atoms with Gasteiger partial charge in [0.2, 0.25) is 5.62 Å². The van der Waals surface area contributed by atoms with Gasteiger partial charge in [-0.15, -0.1) is 5.10 Å². The Morgan fingerprint density at radius 2 is 1.63 bits per heavy atom. The Balaban J connectivity index is 1.43. The topological polar surface area (TPSA) is 84.7 Å². The summed E-state index contributed by atoms with van der Waals surface area (Å²) in [4.78, 5) is 0. The third kappa shape index (κ3) is 4.73. The van der Waals surface area contributed by atoms with Crippen molar-refractivity contribution in [3.8, 4) is 0 Å². The normalized spacial score (nSPS) is 12.3. The van der Waals surface area contributed by atoms with E-state index in [1.165, 1.54) is 6.07 Å². The fourth-order valence-electron chi connectivity index (χ4n) is 4.09. The second kappa shape index (κ2) is 9.65. The Bertz CT molecular complexity index is 1570. The number of nitrogens with one attached hydrogen (secondary N) is 1. The van der Waals surface area contributed by atoms with Crippen LogP contribution in [-0.4, -0.2) is 29.2 Å². The van der Waals surface area contributed by atoms with Crippen LogP contribution in [-0.2, 0) is 19.6 Å². The lowest BCUT2D eigenvalue weighted by molar-refractivity contribution is 0.155. The Morgan fingerprint density at radius 3 is 2.37 bits per heavy atom. The van der Waals surface area contributed by atoms with Gasteiger partial charge in [0, 0.05) is 5.56 Å². The lowest BCUT2D eigenvalue weighted by atomic mass is 10.1. The number of para-hydroxylation sites is 2. The summed E-state index contributed by atoms with van der Waals surface area (Å²) in [5.41, 5.74) is 3.59. The van der Waals surface area contributed by atoms with Gasteiger partial charge in [-0.1, -0.05) is 64.8 Å². The summed E-state index contributed by atoms with van der Waals surface area (Å²) in [5.74, 6) is -0.295. The smallest absolute Gasteiger partial charge is 0.203 e. The zero-order valence-electron chi connectivity index (χ0n) is 18.4. The molecule has 2 N–H and O–H groups in total. The number of hydrogen-bond acceptors (Lipinski definition) is 4. The highest BCUT2D eigenvalue weighted by atomic mass is 35.5. The first-order valence-electron chi connectivity index (χ1n) is 10.9. The SMILES string of the molecule is N=c1n(Cc2cn(Cc3ccccc3F)nn2)c2ccccc2n1CC(O)c1ccc(Cl)c(Cl)c1. The van der Waals surface area contributed by atoms with Crippen LogP contribution in [0.25, 0.3) is 11.0 Å². The standard InChI is InChI=1S/C25H21Cl2FN6O/c26-19-10-9-16(11-20(19)27)24(35)15-34-23-8-4-3-7-22(23)33(25(34)29)14-18-13-32(31-30-18)12-17-5-1-2-6-21(17)28/h1-11,13,24,29,35H,12,14-15H2. The minimum Gasteiger partial charge on any atom is -0.387 e. The average Bonchev–Trinajstić information content (AvgIpc) is 3.40. The molecule has 1 unspecified atom stereocenters. The number of rotatable bonds is 7. The summed E-state index contributed by atoms with van der Waals surface area (Å²) in [7, 11) is 0. The van der Waals surface area contributed by atoms with Crippen LogP contribution in [0, 0.1) is 11.2 Å². The number of hydrogen-bond donors (Lipinski definition) is 2. The quantitative estimate of drug-likeness (QED) is 0.330. The molecule has 0 bridgehead atoms. The van der Waals surface area contributed by atoms with Gasteiger partial charge in [-0.05, 0) is 35.9 Å². The van der Waals surface area contributed by atoms with Gasteiger partial charge >= 0.3 is 0 Å². The van der Waals surface area contributed by atoms with E-state index in [0.717, 1.165) is 11.0 Å². The van der Waals surface area contributed by atoms with E-state index in [0.29, 0.717) is 33.4 Å². The Morgan fingerprint density at radius 1 is 0.914 bits per heavy atom. The molecule has 10 heteroatoms. The first-order chi connectivity index (χ1) is 16.9. The minimum atomic E-state index is -0.889. The number of aromatic nitrogens is 5. The number of halogens is 3. The molecule has 178 valence electrons. The lowest BCUT2D eigenvalue weighted by Gasteiger charge is -2.13. The van der Waals surface area contributed by atoms with E-state index in [9.17, 15) is 9.50 Å². The second-order valence-corrected chi connectivity index (χ2v) is 9.01. The number of benzene rings is 3. The van der Waals surface area contributed by atoms with Crippen LogP contribution >= 0.6 is 23.2 Å². The molecule has 2 aromatic heterocycles. The number of aliphatic hydroxyl groups is 1. The van der Waals surface area contributed by atoms with Gasteiger partial charge in [0.15, 0.2) is 0 Å². The Labute approximate surface area is 210 Å². The highest BCUT2D eigenvalue weighted by molar-refractivity contribution is 6.42. The van der Waals surface area contributed by atoms with Crippen LogP contribution in [0.1, 0.15) is 22.9 Å². The predicted molar refractivity (Wildman–Crippen MR) is 132 cm³/mol. The van der Waals surface area contributed by atoms with Crippen molar-refractivity contribution in [3.05, 3.63) is 111 Å². The fourth-order valence-corrected chi connectivity index (χ4v) is 4.40. The number of nitrogens with zero attached hydrogens (tertiary/aromatic N) is 5. The first kappa shape index (κ1) is 23.3. The van der Waals surface area contributed by atoms with E-state index >= 15 is 0 Å². The van der Waals surface area contributed by atoms with Crippen molar-refractivity contribution in [3.63, 3.8) is 0 Å². The van der Waals surface area contributed by atoms with E-state index < -0.39 is 6.10 Å². The fraction of sp³-hybridized carbons (Fsp3) is 0.160. The van der Waals surface area contributed by atoms with Crippen molar-refractivity contribution in [1.29, 1.82) is 5.41 Å². The molecular weight excluding hydrogens is 490 g/mol. The molecule has 0 aliphatic rings. The molecule has 3 aromatic carbocycles. The maximum Gasteiger partial charge on any atom is 0.203 e. The molecule has 1 atom stereocenters. The molecule has 0 fully saturated rings. The molecule has 35 heavy (non-hydrogen) atoms. The average molecular weight is 511 g/mol. The Hall–Kier alpha value is -3.46. The van der Waals surface area contributed by atoms with Crippen molar-refractivity contribution in [2.45, 2.75) is 25.7 Å². The zero-order chi connectivity index (χ0) is 24.5. The first-order valence-corrected chi connectivity index (χ1v) is 11.6. The summed E-state index contributed by atoms with van der Waals surface area (Å²) in [6, 6.07) is 19.1. The van der Waals surface area contributed by atoms with Gasteiger partial charge in [0.05, 0.1) is 53.0 Å². The largest absolute Gasteiger partial charge is 0.387 e. The highest BCUT2D eigenvalue weighted by Gasteiger charge is 2.17. The van der Waals surface area contributed by atoms with Gasteiger partial charge in [-0.2, -0.15) is 0 Å². The molecule has 5 rings (SSSR count). The highest BCUT2D eigenvalue weighted by Crippen LogP contribution is 2.27. The van der Waals surface area contributed by atoms with E-state index in [2.05, 4.69) is 10.3 Å². The second-order valence-electron chi connectivity index (χ2n) is 8.20. The van der Waals surface area contributed by atoms with Crippen molar-refractivity contribution in [2.24, 2.45) is 0 Å². The van der Waals surface area contributed by atoms with Crippen molar-refractivity contribution < 1.29 is 9.50 Å². The molecule has 0 aliphatic heterocycles. The molecule has 0 saturated heterocycles. The summed E-state index contributed by atoms with van der Waals surface area (Å²) < 4.78 is 19.1. The maximum absolute atomic E-state index is 14.0. The van der Waals surface area contributed by atoms with E-state index in [4.69, 9.17) is 28.6 Å². The van der Waals surface area contributed by atoms with Crippen LogP contribution in [0.15, 0.2) is 72.9 Å². The third-order valence-electron chi connectivity index (χ3n) is 5.85. The number of fused-ring (bicyclic) bond motifs is 1. The van der Waals surface area contributed by atoms with Crippen molar-refractivity contribution in [1.82, 2.24) is 24.1 Å². The molecule has 0 spiro atoms. The van der Waals surface area contributed by atoms with E-state index in [1.54, 1.807) is 56.4 Å². The van der Waals surface area contributed by atoms with Gasteiger partial charge in [0.25, 0.3) is 0 Å². The van der Waals surface area contributed by atoms with Crippen molar-refractivity contribution >= 4 is 34.2 Å². The zero-order valence-corrected chi connectivity index (χ0v) is 20.0. The molecule has 0 saturated carbocycles. The summed E-state index contributed by atoms with van der Waals surface area (Å²) >= 11 is 12.1. The third-order valence-corrected chi connectivity index (χ3v) is 6.59. The van der Waals surface area contributed by atoms with Crippen LogP contribution in [0.3, 0.4) is 0 Å². The van der Waals surface area contributed by atoms with Gasteiger partial charge in [-0.3, -0.25) is 5.41 Å². The van der Waals surface area contributed by atoms with Gasteiger partial charge in [-0.25, -0.2) is 9.07 Å². The molecule has 0 amide bonds. The molecule has 7 nitrogen and oxygen atoms in total. The number of aliphatic hydroxyl groups excluding tert-OH is 1. The monoisotopic (exact) mass is 510 g/mol.